The molecule has 0 spiro atoms. The van der Waals surface area contributed by atoms with Crippen molar-refractivity contribution < 1.29 is 9.13 Å². The van der Waals surface area contributed by atoms with Crippen LogP contribution >= 0.6 is 11.3 Å². The van der Waals surface area contributed by atoms with Gasteiger partial charge in [-0.05, 0) is 42.8 Å². The van der Waals surface area contributed by atoms with Crippen molar-refractivity contribution >= 4 is 22.7 Å². The van der Waals surface area contributed by atoms with Crippen molar-refractivity contribution in [2.45, 2.75) is 13.5 Å². The van der Waals surface area contributed by atoms with Gasteiger partial charge in [0.1, 0.15) is 18.2 Å². The molecule has 0 aliphatic heterocycles. The number of benzene rings is 2. The molecule has 6 heteroatoms. The third kappa shape index (κ3) is 4.39. The van der Waals surface area contributed by atoms with Gasteiger partial charge in [0.05, 0.1) is 11.9 Å². The van der Waals surface area contributed by atoms with Crippen LogP contribution in [0.15, 0.2) is 59.0 Å². The number of rotatable bonds is 6. The average Bonchev–Trinajstić information content (AvgIpc) is 3.01. The molecule has 2 aromatic carbocycles. The fourth-order valence-electron chi connectivity index (χ4n) is 1.99. The molecular weight excluding hydrogens is 325 g/mol. The van der Waals surface area contributed by atoms with Gasteiger partial charge < -0.3 is 4.74 Å². The van der Waals surface area contributed by atoms with Crippen LogP contribution in [0.2, 0.25) is 0 Å². The summed E-state index contributed by atoms with van der Waals surface area (Å²) in [5.74, 6) is 0.420. The summed E-state index contributed by atoms with van der Waals surface area (Å²) in [6.07, 6.45) is 1.71. The quantitative estimate of drug-likeness (QED) is 0.526. The fraction of sp³-hybridized carbons (Fsp3) is 0.111. The fourth-order valence-corrected chi connectivity index (χ4v) is 2.63. The number of aryl methyl sites for hydroxylation is 1. The summed E-state index contributed by atoms with van der Waals surface area (Å²) in [5, 5.41) is 6.86. The van der Waals surface area contributed by atoms with Crippen molar-refractivity contribution in [3.8, 4) is 5.75 Å². The number of nitrogens with one attached hydrogen (secondary N) is 1. The number of hydrogen-bond acceptors (Lipinski definition) is 5. The zero-order valence-electron chi connectivity index (χ0n) is 13.1. The Morgan fingerprint density at radius 1 is 1.21 bits per heavy atom. The topological polar surface area (TPSA) is 46.5 Å². The Balaban J connectivity index is 1.54. The molecule has 0 bridgehead atoms. The first-order valence-electron chi connectivity index (χ1n) is 7.38. The molecule has 0 amide bonds. The van der Waals surface area contributed by atoms with E-state index >= 15 is 0 Å². The highest BCUT2D eigenvalue weighted by atomic mass is 32.1. The number of halogens is 1. The highest BCUT2D eigenvalue weighted by Crippen LogP contribution is 2.16. The van der Waals surface area contributed by atoms with E-state index in [4.69, 9.17) is 4.74 Å². The van der Waals surface area contributed by atoms with Gasteiger partial charge in [-0.15, -0.1) is 11.3 Å². The van der Waals surface area contributed by atoms with Crippen molar-refractivity contribution in [1.82, 2.24) is 4.98 Å². The Hall–Kier alpha value is -2.73. The van der Waals surface area contributed by atoms with Gasteiger partial charge in [-0.1, -0.05) is 18.2 Å². The Kier molecular flexibility index (Phi) is 5.18. The van der Waals surface area contributed by atoms with Crippen LogP contribution in [-0.4, -0.2) is 11.2 Å². The molecule has 0 unspecified atom stereocenters. The normalized spacial score (nSPS) is 10.9. The van der Waals surface area contributed by atoms with Crippen LogP contribution in [0.4, 0.5) is 9.52 Å². The van der Waals surface area contributed by atoms with Crippen molar-refractivity contribution in [3.05, 3.63) is 76.5 Å². The number of hydrazone groups is 1. The van der Waals surface area contributed by atoms with Crippen LogP contribution in [-0.2, 0) is 6.61 Å². The second kappa shape index (κ2) is 7.70. The van der Waals surface area contributed by atoms with Gasteiger partial charge in [0.25, 0.3) is 0 Å². The van der Waals surface area contributed by atoms with Crippen molar-refractivity contribution in [2.75, 3.05) is 5.43 Å². The Morgan fingerprint density at radius 2 is 2.00 bits per heavy atom. The third-order valence-electron chi connectivity index (χ3n) is 3.23. The maximum absolute atomic E-state index is 13.5. The molecule has 122 valence electrons. The van der Waals surface area contributed by atoms with E-state index in [1.165, 1.54) is 17.4 Å². The van der Waals surface area contributed by atoms with Gasteiger partial charge in [0.2, 0.25) is 5.13 Å². The molecule has 0 saturated carbocycles. The highest BCUT2D eigenvalue weighted by molar-refractivity contribution is 7.13. The second-order valence-corrected chi connectivity index (χ2v) is 5.97. The summed E-state index contributed by atoms with van der Waals surface area (Å²) in [6.45, 7) is 2.14. The predicted octanol–water partition coefficient (Wildman–Crippen LogP) is 4.62. The lowest BCUT2D eigenvalue weighted by Gasteiger charge is -2.07. The number of ether oxygens (including phenoxy) is 1. The lowest BCUT2D eigenvalue weighted by Crippen LogP contribution is -1.98. The molecule has 0 saturated heterocycles. The molecule has 0 radical (unpaired) electrons. The van der Waals surface area contributed by atoms with Gasteiger partial charge in [0, 0.05) is 10.9 Å². The summed E-state index contributed by atoms with van der Waals surface area (Å²) in [6, 6.07) is 14.0. The summed E-state index contributed by atoms with van der Waals surface area (Å²) in [5.41, 5.74) is 5.31. The number of anilines is 1. The minimum Gasteiger partial charge on any atom is -0.489 e. The van der Waals surface area contributed by atoms with E-state index in [9.17, 15) is 4.39 Å². The number of hydrogen-bond donors (Lipinski definition) is 1. The van der Waals surface area contributed by atoms with Crippen molar-refractivity contribution in [3.63, 3.8) is 0 Å². The first kappa shape index (κ1) is 16.1. The summed E-state index contributed by atoms with van der Waals surface area (Å²) < 4.78 is 19.1. The van der Waals surface area contributed by atoms with E-state index in [0.717, 1.165) is 16.4 Å². The zero-order chi connectivity index (χ0) is 16.8. The van der Waals surface area contributed by atoms with Crippen LogP contribution < -0.4 is 10.2 Å². The molecule has 4 nitrogen and oxygen atoms in total. The van der Waals surface area contributed by atoms with E-state index in [1.807, 2.05) is 36.6 Å². The van der Waals surface area contributed by atoms with E-state index in [2.05, 4.69) is 15.5 Å². The van der Waals surface area contributed by atoms with Crippen LogP contribution in [0.3, 0.4) is 0 Å². The van der Waals surface area contributed by atoms with Gasteiger partial charge in [-0.25, -0.2) is 9.37 Å². The molecule has 0 fully saturated rings. The Bertz CT molecular complexity index is 830. The van der Waals surface area contributed by atoms with Crippen molar-refractivity contribution in [1.29, 1.82) is 0 Å². The second-order valence-electron chi connectivity index (χ2n) is 5.11. The van der Waals surface area contributed by atoms with Crippen LogP contribution in [0.5, 0.6) is 5.75 Å². The number of nitrogens with zero attached hydrogens (tertiary/aromatic N) is 2. The zero-order valence-corrected chi connectivity index (χ0v) is 13.9. The van der Waals surface area contributed by atoms with Gasteiger partial charge in [0.15, 0.2) is 0 Å². The van der Waals surface area contributed by atoms with E-state index < -0.39 is 0 Å². The predicted molar refractivity (Wildman–Crippen MR) is 95.2 cm³/mol. The smallest absolute Gasteiger partial charge is 0.203 e. The van der Waals surface area contributed by atoms with Gasteiger partial charge in [-0.2, -0.15) is 5.10 Å². The van der Waals surface area contributed by atoms with Gasteiger partial charge >= 0.3 is 0 Å². The highest BCUT2D eigenvalue weighted by Gasteiger charge is 2.01. The largest absolute Gasteiger partial charge is 0.489 e. The van der Waals surface area contributed by atoms with E-state index in [0.29, 0.717) is 11.3 Å². The number of thiazole rings is 1. The van der Waals surface area contributed by atoms with Crippen LogP contribution in [0.25, 0.3) is 0 Å². The molecule has 3 rings (SSSR count). The SMILES string of the molecule is Cc1csc(N/N=C\c2ccc(OCc3ccccc3F)cc2)n1. The molecule has 1 N–H and O–H groups in total. The average molecular weight is 341 g/mol. The van der Waals surface area contributed by atoms with Crippen LogP contribution in [0, 0.1) is 12.7 Å². The molecular formula is C18H16FN3OS. The molecule has 3 aromatic rings. The summed E-state index contributed by atoms with van der Waals surface area (Å²) >= 11 is 1.51. The Labute approximate surface area is 143 Å². The van der Waals surface area contributed by atoms with E-state index in [1.54, 1.807) is 24.4 Å². The summed E-state index contributed by atoms with van der Waals surface area (Å²) in [4.78, 5) is 4.26. The monoisotopic (exact) mass is 341 g/mol. The van der Waals surface area contributed by atoms with Gasteiger partial charge in [-0.3, -0.25) is 5.43 Å². The molecule has 1 heterocycles. The van der Waals surface area contributed by atoms with Crippen molar-refractivity contribution in [2.24, 2.45) is 5.10 Å². The standard InChI is InChI=1S/C18H16FN3OS/c1-13-12-24-18(21-13)22-20-10-14-6-8-16(9-7-14)23-11-15-4-2-3-5-17(15)19/h2-10,12H,11H2,1H3,(H,21,22)/b20-10-. The summed E-state index contributed by atoms with van der Waals surface area (Å²) in [7, 11) is 0. The molecule has 0 aliphatic rings. The lowest BCUT2D eigenvalue weighted by molar-refractivity contribution is 0.300. The molecule has 24 heavy (non-hydrogen) atoms. The lowest BCUT2D eigenvalue weighted by atomic mass is 10.2. The number of aromatic nitrogens is 1. The van der Waals surface area contributed by atoms with Crippen LogP contribution in [0.1, 0.15) is 16.8 Å². The third-order valence-corrected chi connectivity index (χ3v) is 4.09. The molecule has 0 atom stereocenters. The molecule has 0 aliphatic carbocycles. The molecule has 1 aromatic heterocycles. The maximum Gasteiger partial charge on any atom is 0.203 e. The first-order chi connectivity index (χ1) is 11.7. The minimum atomic E-state index is -0.259. The maximum atomic E-state index is 13.5. The minimum absolute atomic E-state index is 0.199. The van der Waals surface area contributed by atoms with E-state index in [-0.39, 0.29) is 12.4 Å². The Morgan fingerprint density at radius 3 is 2.71 bits per heavy atom. The first-order valence-corrected chi connectivity index (χ1v) is 8.26.